The number of halogens is 1. The predicted molar refractivity (Wildman–Crippen MR) is 83.8 cm³/mol. The number of hydrogen-bond acceptors (Lipinski definition) is 4. The highest BCUT2D eigenvalue weighted by Gasteiger charge is 2.09. The van der Waals surface area contributed by atoms with E-state index < -0.39 is 0 Å². The van der Waals surface area contributed by atoms with E-state index in [0.717, 1.165) is 28.3 Å². The van der Waals surface area contributed by atoms with Gasteiger partial charge in [0.2, 0.25) is 0 Å². The Labute approximate surface area is 126 Å². The van der Waals surface area contributed by atoms with Gasteiger partial charge in [0, 0.05) is 11.4 Å². The monoisotopic (exact) mass is 337 g/mol. The molecule has 1 aromatic carbocycles. The van der Waals surface area contributed by atoms with Crippen LogP contribution >= 0.6 is 27.7 Å². The highest BCUT2D eigenvalue weighted by atomic mass is 79.9. The Hall–Kier alpha value is -1.07. The summed E-state index contributed by atoms with van der Waals surface area (Å²) in [5.41, 5.74) is 1.25. The summed E-state index contributed by atoms with van der Waals surface area (Å²) in [6.07, 6.45) is 2.66. The van der Waals surface area contributed by atoms with Crippen molar-refractivity contribution in [2.45, 2.75) is 30.2 Å². The minimum absolute atomic E-state index is 0.854. The number of aryl methyl sites for hydroxylation is 1. The summed E-state index contributed by atoms with van der Waals surface area (Å²) in [6.45, 7) is 5.13. The predicted octanol–water partition coefficient (Wildman–Crippen LogP) is 4.52. The number of anilines is 1. The molecule has 0 radical (unpaired) electrons. The smallest absolute Gasteiger partial charge is 0.144 e. The van der Waals surface area contributed by atoms with Crippen molar-refractivity contribution in [3.63, 3.8) is 0 Å². The van der Waals surface area contributed by atoms with Crippen LogP contribution in [0.25, 0.3) is 0 Å². The Bertz CT molecular complexity index is 560. The molecule has 1 N–H and O–H groups in total. The average molecular weight is 338 g/mol. The van der Waals surface area contributed by atoms with Crippen LogP contribution in [-0.4, -0.2) is 16.5 Å². The lowest BCUT2D eigenvalue weighted by molar-refractivity contribution is 0.946. The molecule has 0 bridgehead atoms. The Morgan fingerprint density at radius 3 is 2.89 bits per heavy atom. The zero-order chi connectivity index (χ0) is 13.7. The minimum atomic E-state index is 0.854. The van der Waals surface area contributed by atoms with Crippen LogP contribution in [0.1, 0.15) is 18.9 Å². The lowest BCUT2D eigenvalue weighted by Crippen LogP contribution is -2.03. The zero-order valence-corrected chi connectivity index (χ0v) is 13.4. The quantitative estimate of drug-likeness (QED) is 0.814. The van der Waals surface area contributed by atoms with Crippen molar-refractivity contribution in [1.29, 1.82) is 0 Å². The van der Waals surface area contributed by atoms with E-state index >= 15 is 0 Å². The summed E-state index contributed by atoms with van der Waals surface area (Å²) >= 11 is 5.22. The van der Waals surface area contributed by atoms with Crippen LogP contribution in [-0.2, 0) is 0 Å². The summed E-state index contributed by atoms with van der Waals surface area (Å²) < 4.78 is 0.926. The molecule has 0 spiro atoms. The van der Waals surface area contributed by atoms with Crippen molar-refractivity contribution in [2.75, 3.05) is 11.9 Å². The third-order valence-corrected chi connectivity index (χ3v) is 4.51. The molecule has 100 valence electrons. The minimum Gasteiger partial charge on any atom is -0.369 e. The fourth-order valence-electron chi connectivity index (χ4n) is 1.58. The lowest BCUT2D eigenvalue weighted by Gasteiger charge is -2.09. The number of benzene rings is 1. The number of nitrogens with zero attached hydrogens (tertiary/aromatic N) is 2. The molecule has 5 heteroatoms. The van der Waals surface area contributed by atoms with Crippen molar-refractivity contribution in [3.8, 4) is 0 Å². The van der Waals surface area contributed by atoms with Crippen LogP contribution < -0.4 is 5.32 Å². The van der Waals surface area contributed by atoms with Gasteiger partial charge in [0.25, 0.3) is 0 Å². The van der Waals surface area contributed by atoms with Crippen molar-refractivity contribution >= 4 is 33.5 Å². The summed E-state index contributed by atoms with van der Waals surface area (Å²) in [7, 11) is 0. The summed E-state index contributed by atoms with van der Waals surface area (Å²) in [4.78, 5) is 9.77. The zero-order valence-electron chi connectivity index (χ0n) is 11.0. The third kappa shape index (κ3) is 3.94. The van der Waals surface area contributed by atoms with Crippen LogP contribution in [0, 0.1) is 6.92 Å². The first kappa shape index (κ1) is 14.3. The van der Waals surface area contributed by atoms with Gasteiger partial charge in [-0.2, -0.15) is 0 Å². The SMILES string of the molecule is CCCNc1ncnc(Sc2cccc(C)c2)c1Br. The normalized spacial score (nSPS) is 10.5. The lowest BCUT2D eigenvalue weighted by atomic mass is 10.2. The molecule has 1 aromatic heterocycles. The molecule has 0 atom stereocenters. The van der Waals surface area contributed by atoms with Gasteiger partial charge in [-0.3, -0.25) is 0 Å². The highest BCUT2D eigenvalue weighted by molar-refractivity contribution is 9.10. The average Bonchev–Trinajstić information content (AvgIpc) is 2.40. The maximum atomic E-state index is 4.34. The first-order valence-corrected chi connectivity index (χ1v) is 7.80. The molecular weight excluding hydrogens is 322 g/mol. The molecule has 19 heavy (non-hydrogen) atoms. The van der Waals surface area contributed by atoms with E-state index in [1.807, 2.05) is 0 Å². The van der Waals surface area contributed by atoms with E-state index in [9.17, 15) is 0 Å². The first-order valence-electron chi connectivity index (χ1n) is 6.19. The van der Waals surface area contributed by atoms with E-state index in [-0.39, 0.29) is 0 Å². The van der Waals surface area contributed by atoms with Gasteiger partial charge in [-0.1, -0.05) is 36.4 Å². The number of rotatable bonds is 5. The summed E-state index contributed by atoms with van der Waals surface area (Å²) in [5.74, 6) is 0.854. The molecule has 0 aliphatic rings. The van der Waals surface area contributed by atoms with Crippen LogP contribution in [0.3, 0.4) is 0 Å². The molecule has 0 amide bonds. The molecule has 2 rings (SSSR count). The van der Waals surface area contributed by atoms with Gasteiger partial charge in [-0.15, -0.1) is 0 Å². The Kier molecular flexibility index (Phi) is 5.22. The molecule has 3 nitrogen and oxygen atoms in total. The molecule has 1 heterocycles. The Morgan fingerprint density at radius 1 is 1.32 bits per heavy atom. The second kappa shape index (κ2) is 6.91. The van der Waals surface area contributed by atoms with E-state index in [0.29, 0.717) is 0 Å². The van der Waals surface area contributed by atoms with Crippen LogP contribution in [0.15, 0.2) is 45.0 Å². The van der Waals surface area contributed by atoms with Crippen molar-refractivity contribution in [2.24, 2.45) is 0 Å². The number of hydrogen-bond donors (Lipinski definition) is 1. The van der Waals surface area contributed by atoms with E-state index in [2.05, 4.69) is 69.3 Å². The standard InChI is InChI=1S/C14H16BrN3S/c1-3-7-16-13-12(15)14(18-9-17-13)19-11-6-4-5-10(2)8-11/h4-6,8-9H,3,7H2,1-2H3,(H,16,17,18). The molecule has 0 aliphatic carbocycles. The van der Waals surface area contributed by atoms with Crippen molar-refractivity contribution < 1.29 is 0 Å². The van der Waals surface area contributed by atoms with E-state index in [4.69, 9.17) is 0 Å². The largest absolute Gasteiger partial charge is 0.369 e. The topological polar surface area (TPSA) is 37.8 Å². The second-order valence-corrected chi connectivity index (χ2v) is 6.04. The summed E-state index contributed by atoms with van der Waals surface area (Å²) in [6, 6.07) is 8.39. The van der Waals surface area contributed by atoms with Crippen LogP contribution in [0.5, 0.6) is 0 Å². The molecule has 0 unspecified atom stereocenters. The van der Waals surface area contributed by atoms with E-state index in [1.54, 1.807) is 18.1 Å². The van der Waals surface area contributed by atoms with Gasteiger partial charge >= 0.3 is 0 Å². The second-order valence-electron chi connectivity index (χ2n) is 4.19. The van der Waals surface area contributed by atoms with Gasteiger partial charge in [-0.05, 0) is 41.4 Å². The van der Waals surface area contributed by atoms with Gasteiger partial charge in [0.15, 0.2) is 0 Å². The van der Waals surface area contributed by atoms with Crippen molar-refractivity contribution in [1.82, 2.24) is 9.97 Å². The van der Waals surface area contributed by atoms with Crippen LogP contribution in [0.4, 0.5) is 5.82 Å². The molecule has 0 aliphatic heterocycles. The molecule has 0 saturated heterocycles. The number of nitrogens with one attached hydrogen (secondary N) is 1. The van der Waals surface area contributed by atoms with E-state index in [1.165, 1.54) is 10.5 Å². The van der Waals surface area contributed by atoms with Gasteiger partial charge in [0.05, 0.1) is 4.47 Å². The Balaban J connectivity index is 2.20. The maximum Gasteiger partial charge on any atom is 0.144 e. The van der Waals surface area contributed by atoms with Crippen LogP contribution in [0.2, 0.25) is 0 Å². The maximum absolute atomic E-state index is 4.34. The Morgan fingerprint density at radius 2 is 2.16 bits per heavy atom. The number of aromatic nitrogens is 2. The highest BCUT2D eigenvalue weighted by Crippen LogP contribution is 2.34. The molecule has 0 saturated carbocycles. The molecule has 0 fully saturated rings. The first-order chi connectivity index (χ1) is 9.20. The van der Waals surface area contributed by atoms with Gasteiger partial charge < -0.3 is 5.32 Å². The van der Waals surface area contributed by atoms with Gasteiger partial charge in [-0.25, -0.2) is 9.97 Å². The molecule has 2 aromatic rings. The van der Waals surface area contributed by atoms with Gasteiger partial charge in [0.1, 0.15) is 17.2 Å². The third-order valence-electron chi connectivity index (χ3n) is 2.50. The fourth-order valence-corrected chi connectivity index (χ4v) is 3.07. The fraction of sp³-hybridized carbons (Fsp3) is 0.286. The summed E-state index contributed by atoms with van der Waals surface area (Å²) in [5, 5.41) is 4.22. The molecular formula is C14H16BrN3S. The van der Waals surface area contributed by atoms with Crippen molar-refractivity contribution in [3.05, 3.63) is 40.6 Å².